The Balaban J connectivity index is 2.01. The molecule has 3 aliphatic carbocycles. The lowest BCUT2D eigenvalue weighted by atomic mass is 9.42. The highest BCUT2D eigenvalue weighted by molar-refractivity contribution is 5.85. The van der Waals surface area contributed by atoms with Crippen molar-refractivity contribution in [1.82, 2.24) is 0 Å². The predicted molar refractivity (Wildman–Crippen MR) is 146 cm³/mol. The molecule has 0 spiro atoms. The number of rotatable bonds is 15. The van der Waals surface area contributed by atoms with Crippen molar-refractivity contribution in [2.24, 2.45) is 28.6 Å². The van der Waals surface area contributed by atoms with Crippen LogP contribution in [0.15, 0.2) is 23.5 Å². The maximum absolute atomic E-state index is 12.9. The minimum Gasteiger partial charge on any atom is -0.481 e. The lowest BCUT2D eigenvalue weighted by Crippen LogP contribution is -2.61. The van der Waals surface area contributed by atoms with Gasteiger partial charge in [0.15, 0.2) is 0 Å². The number of allylic oxidation sites excluding steroid dienone is 2. The highest BCUT2D eigenvalue weighted by Crippen LogP contribution is 2.65. The molecule has 0 heterocycles. The molecule has 5 atom stereocenters. The van der Waals surface area contributed by atoms with Gasteiger partial charge in [-0.1, -0.05) is 53.4 Å². The Morgan fingerprint density at radius 2 is 1.65 bits per heavy atom. The molecule has 0 aromatic carbocycles. The van der Waals surface area contributed by atoms with Gasteiger partial charge in [-0.3, -0.25) is 24.0 Å². The molecular weight excluding hydrogens is 516 g/mol. The number of aliphatic carboxylic acids is 2. The summed E-state index contributed by atoms with van der Waals surface area (Å²) in [6.45, 7) is 8.29. The molecule has 3 aliphatic rings. The van der Waals surface area contributed by atoms with Crippen molar-refractivity contribution in [3.8, 4) is 0 Å². The van der Waals surface area contributed by atoms with Crippen LogP contribution < -0.4 is 0 Å². The first-order valence-electron chi connectivity index (χ1n) is 14.6. The maximum Gasteiger partial charge on any atom is 0.311 e. The Morgan fingerprint density at radius 3 is 2.23 bits per heavy atom. The Morgan fingerprint density at radius 1 is 1.00 bits per heavy atom. The number of Topliss-reactive ketones (excluding diaryl/α,β-unsaturated/α-hetero) is 1. The summed E-state index contributed by atoms with van der Waals surface area (Å²) >= 11 is 0. The number of carbonyl (C=O) groups is 5. The van der Waals surface area contributed by atoms with Gasteiger partial charge in [0.05, 0.1) is 31.6 Å². The van der Waals surface area contributed by atoms with Crippen LogP contribution >= 0.6 is 0 Å². The average Bonchev–Trinajstić information content (AvgIpc) is 2.88. The van der Waals surface area contributed by atoms with Gasteiger partial charge in [-0.15, -0.1) is 0 Å². The lowest BCUT2D eigenvalue weighted by molar-refractivity contribution is -0.179. The zero-order valence-electron chi connectivity index (χ0n) is 24.2. The summed E-state index contributed by atoms with van der Waals surface area (Å²) in [5, 5.41) is 18.1. The van der Waals surface area contributed by atoms with E-state index in [1.807, 2.05) is 19.1 Å². The number of fused-ring (bicyclic) bond motifs is 2. The summed E-state index contributed by atoms with van der Waals surface area (Å²) in [6.07, 6.45) is 8.55. The quantitative estimate of drug-likeness (QED) is 0.193. The van der Waals surface area contributed by atoms with Gasteiger partial charge in [0, 0.05) is 12.3 Å². The molecule has 0 aliphatic heterocycles. The minimum atomic E-state index is -1.11. The van der Waals surface area contributed by atoms with Gasteiger partial charge in [-0.2, -0.15) is 0 Å². The number of carboxylic acid groups (broad SMARTS) is 2. The summed E-state index contributed by atoms with van der Waals surface area (Å²) in [6, 6.07) is 0. The third-order valence-corrected chi connectivity index (χ3v) is 9.25. The van der Waals surface area contributed by atoms with Gasteiger partial charge in [0.25, 0.3) is 0 Å². The summed E-state index contributed by atoms with van der Waals surface area (Å²) in [4.78, 5) is 60.8. The fourth-order valence-corrected chi connectivity index (χ4v) is 6.74. The Kier molecular flexibility index (Phi) is 10.4. The fraction of sp³-hybridized carbons (Fsp3) is 0.710. The van der Waals surface area contributed by atoms with E-state index in [-0.39, 0.29) is 54.5 Å². The molecule has 2 bridgehead atoms. The van der Waals surface area contributed by atoms with E-state index in [4.69, 9.17) is 19.7 Å². The van der Waals surface area contributed by atoms with Crippen molar-refractivity contribution in [3.05, 3.63) is 23.5 Å². The summed E-state index contributed by atoms with van der Waals surface area (Å²) in [7, 11) is 0. The van der Waals surface area contributed by atoms with Crippen molar-refractivity contribution < 1.29 is 43.7 Å². The van der Waals surface area contributed by atoms with Gasteiger partial charge in [0.2, 0.25) is 0 Å². The van der Waals surface area contributed by atoms with Gasteiger partial charge < -0.3 is 19.7 Å². The van der Waals surface area contributed by atoms with Crippen molar-refractivity contribution in [2.45, 2.75) is 111 Å². The van der Waals surface area contributed by atoms with Crippen molar-refractivity contribution in [1.29, 1.82) is 0 Å². The number of unbranched alkanes of at least 4 members (excludes halogenated alkanes) is 3. The second-order valence-electron chi connectivity index (χ2n) is 12.4. The molecule has 2 fully saturated rings. The fourth-order valence-electron chi connectivity index (χ4n) is 6.74. The van der Waals surface area contributed by atoms with Crippen LogP contribution in [0, 0.1) is 28.6 Å². The van der Waals surface area contributed by atoms with Gasteiger partial charge in [-0.25, -0.2) is 0 Å². The molecule has 9 heteroatoms. The molecule has 0 radical (unpaired) electrons. The van der Waals surface area contributed by atoms with E-state index in [0.29, 0.717) is 12.8 Å². The number of esters is 2. The van der Waals surface area contributed by atoms with Crippen molar-refractivity contribution >= 4 is 29.7 Å². The van der Waals surface area contributed by atoms with Crippen molar-refractivity contribution in [3.63, 3.8) is 0 Å². The molecule has 4 unspecified atom stereocenters. The number of carboxylic acids is 2. The number of hydrogen-bond acceptors (Lipinski definition) is 7. The maximum atomic E-state index is 12.9. The highest BCUT2D eigenvalue weighted by Gasteiger charge is 2.64. The SMILES string of the molecule is CCCCCCC(C)(C)C1=CC(OC(=O)CCC(=O)O)C([C@@]2(C)C3CCC(=O)C2C3)C(OC(=O)CCC(=O)O)=C1. The first-order chi connectivity index (χ1) is 18.8. The molecule has 2 saturated carbocycles. The molecule has 9 nitrogen and oxygen atoms in total. The van der Waals surface area contributed by atoms with Crippen LogP contribution in [-0.2, 0) is 33.4 Å². The molecule has 222 valence electrons. The van der Waals surface area contributed by atoms with Crippen LogP contribution in [0.3, 0.4) is 0 Å². The van der Waals surface area contributed by atoms with Gasteiger partial charge in [0.1, 0.15) is 17.6 Å². The average molecular weight is 561 g/mol. The third kappa shape index (κ3) is 7.21. The van der Waals surface area contributed by atoms with Gasteiger partial charge >= 0.3 is 23.9 Å². The zero-order valence-corrected chi connectivity index (χ0v) is 24.2. The first kappa shape index (κ1) is 31.6. The standard InChI is InChI=1S/C31H44O9/c1-5-6-7-8-15-30(2,3)20-17-23(39-27(37)13-11-25(33)34)29(24(18-20)40-28(38)14-12-26(35)36)31(4)19-9-10-22(32)21(31)16-19/h17-19,21,23,29H,5-16H2,1-4H3,(H,33,34)(H,35,36)/t19?,21?,23?,29?,31-/m0/s1. The monoisotopic (exact) mass is 560 g/mol. The zero-order chi connectivity index (χ0) is 29.7. The Labute approximate surface area is 236 Å². The first-order valence-corrected chi connectivity index (χ1v) is 14.6. The van der Waals surface area contributed by atoms with Crippen LogP contribution in [0.25, 0.3) is 0 Å². The van der Waals surface area contributed by atoms with Crippen LogP contribution in [0.5, 0.6) is 0 Å². The molecule has 0 aromatic heterocycles. The normalized spacial score (nSPS) is 27.6. The summed E-state index contributed by atoms with van der Waals surface area (Å²) in [5.41, 5.74) is -0.147. The molecule has 2 N–H and O–H groups in total. The number of ketones is 1. The van der Waals surface area contributed by atoms with Crippen LogP contribution in [-0.4, -0.2) is 46.0 Å². The molecule has 0 saturated heterocycles. The largest absolute Gasteiger partial charge is 0.481 e. The van der Waals surface area contributed by atoms with E-state index in [2.05, 4.69) is 20.8 Å². The lowest BCUT2D eigenvalue weighted by Gasteiger charge is -2.61. The molecule has 0 amide bonds. The van der Waals surface area contributed by atoms with E-state index in [9.17, 15) is 24.0 Å². The van der Waals surface area contributed by atoms with Crippen LogP contribution in [0.4, 0.5) is 0 Å². The summed E-state index contributed by atoms with van der Waals surface area (Å²) < 4.78 is 11.8. The number of hydrogen-bond donors (Lipinski definition) is 2. The Hall–Kier alpha value is -2.97. The number of ether oxygens (including phenoxy) is 2. The molecule has 3 rings (SSSR count). The second-order valence-corrected chi connectivity index (χ2v) is 12.4. The number of carbonyl (C=O) groups excluding carboxylic acids is 3. The Bertz CT molecular complexity index is 1070. The van der Waals surface area contributed by atoms with E-state index < -0.39 is 41.3 Å². The second kappa shape index (κ2) is 13.1. The van der Waals surface area contributed by atoms with Crippen LogP contribution in [0.2, 0.25) is 0 Å². The molecule has 40 heavy (non-hydrogen) atoms. The minimum absolute atomic E-state index is 0.142. The predicted octanol–water partition coefficient (Wildman–Crippen LogP) is 5.61. The summed E-state index contributed by atoms with van der Waals surface area (Å²) in [5.74, 6) is -3.91. The van der Waals surface area contributed by atoms with E-state index in [1.165, 1.54) is 0 Å². The highest BCUT2D eigenvalue weighted by atomic mass is 16.6. The molecular formula is C31H44O9. The van der Waals surface area contributed by atoms with E-state index in [1.54, 1.807) is 0 Å². The third-order valence-electron chi connectivity index (χ3n) is 9.25. The molecule has 0 aromatic rings. The van der Waals surface area contributed by atoms with Crippen molar-refractivity contribution in [2.75, 3.05) is 0 Å². The van der Waals surface area contributed by atoms with Gasteiger partial charge in [-0.05, 0) is 53.7 Å². The topological polar surface area (TPSA) is 144 Å². The van der Waals surface area contributed by atoms with E-state index in [0.717, 1.165) is 44.1 Å². The smallest absolute Gasteiger partial charge is 0.311 e. The van der Waals surface area contributed by atoms with Crippen LogP contribution in [0.1, 0.15) is 105 Å². The van der Waals surface area contributed by atoms with E-state index >= 15 is 0 Å².